The zero-order valence-electron chi connectivity index (χ0n) is 11.3. The molecule has 0 bridgehead atoms. The Labute approximate surface area is 109 Å². The molecule has 1 saturated heterocycles. The lowest BCUT2D eigenvalue weighted by atomic mass is 9.96. The molecule has 0 unspecified atom stereocenters. The third-order valence-corrected chi connectivity index (χ3v) is 4.01. The lowest BCUT2D eigenvalue weighted by molar-refractivity contribution is 0.434. The number of rotatable bonds is 2. The molecule has 2 heteroatoms. The van der Waals surface area contributed by atoms with E-state index in [0.29, 0.717) is 12.0 Å². The predicted octanol–water partition coefficient (Wildman–Crippen LogP) is 3.69. The second-order valence-electron chi connectivity index (χ2n) is 5.64. The molecule has 1 aliphatic rings. The van der Waals surface area contributed by atoms with Crippen molar-refractivity contribution in [2.24, 2.45) is 0 Å². The highest BCUT2D eigenvalue weighted by Gasteiger charge is 2.21. The van der Waals surface area contributed by atoms with Gasteiger partial charge in [0.05, 0.1) is 0 Å². The van der Waals surface area contributed by atoms with Gasteiger partial charge < -0.3 is 9.88 Å². The van der Waals surface area contributed by atoms with E-state index in [1.165, 1.54) is 36.0 Å². The van der Waals surface area contributed by atoms with Crippen LogP contribution in [0.15, 0.2) is 30.3 Å². The summed E-state index contributed by atoms with van der Waals surface area (Å²) in [7, 11) is 0. The van der Waals surface area contributed by atoms with E-state index in [-0.39, 0.29) is 0 Å². The molecule has 1 aliphatic heterocycles. The molecule has 3 rings (SSSR count). The van der Waals surface area contributed by atoms with E-state index in [2.05, 4.69) is 54.1 Å². The Balaban J connectivity index is 2.11. The van der Waals surface area contributed by atoms with Crippen LogP contribution in [0.3, 0.4) is 0 Å². The van der Waals surface area contributed by atoms with Gasteiger partial charge in [0.25, 0.3) is 0 Å². The zero-order valence-corrected chi connectivity index (χ0v) is 11.3. The van der Waals surface area contributed by atoms with E-state index in [4.69, 9.17) is 0 Å². The molecule has 1 fully saturated rings. The summed E-state index contributed by atoms with van der Waals surface area (Å²) < 4.78 is 2.52. The average Bonchev–Trinajstić information content (AvgIpc) is 2.79. The van der Waals surface area contributed by atoms with Crippen LogP contribution >= 0.6 is 0 Å². The van der Waals surface area contributed by atoms with Crippen molar-refractivity contribution < 1.29 is 0 Å². The number of hydrogen-bond acceptors (Lipinski definition) is 1. The SMILES string of the molecule is CC(C)n1c([C@@H]2CCCNC2)cc2ccccc21. The fourth-order valence-electron chi connectivity index (χ4n) is 3.19. The number of fused-ring (bicyclic) bond motifs is 1. The lowest BCUT2D eigenvalue weighted by Gasteiger charge is -2.26. The number of benzene rings is 1. The topological polar surface area (TPSA) is 17.0 Å². The third kappa shape index (κ3) is 1.95. The summed E-state index contributed by atoms with van der Waals surface area (Å²) in [6, 6.07) is 11.7. The monoisotopic (exact) mass is 242 g/mol. The van der Waals surface area contributed by atoms with Crippen LogP contribution in [-0.4, -0.2) is 17.7 Å². The first-order valence-electron chi connectivity index (χ1n) is 7.08. The molecule has 1 aromatic carbocycles. The maximum atomic E-state index is 3.53. The molecule has 2 nitrogen and oxygen atoms in total. The Kier molecular flexibility index (Phi) is 3.13. The van der Waals surface area contributed by atoms with Crippen LogP contribution in [0.4, 0.5) is 0 Å². The van der Waals surface area contributed by atoms with Gasteiger partial charge in [0.2, 0.25) is 0 Å². The highest BCUT2D eigenvalue weighted by atomic mass is 15.0. The minimum atomic E-state index is 0.529. The second kappa shape index (κ2) is 4.77. The van der Waals surface area contributed by atoms with Gasteiger partial charge in [0, 0.05) is 29.7 Å². The zero-order chi connectivity index (χ0) is 12.5. The van der Waals surface area contributed by atoms with Gasteiger partial charge in [0.1, 0.15) is 0 Å². The Morgan fingerprint density at radius 3 is 2.83 bits per heavy atom. The van der Waals surface area contributed by atoms with Crippen molar-refractivity contribution in [1.29, 1.82) is 0 Å². The van der Waals surface area contributed by atoms with Crippen molar-refractivity contribution in [1.82, 2.24) is 9.88 Å². The standard InChI is InChI=1S/C16H22N2/c1-12(2)18-15-8-4-3-6-13(15)10-16(18)14-7-5-9-17-11-14/h3-4,6,8,10,12,14,17H,5,7,9,11H2,1-2H3/t14-/m1/s1. The minimum absolute atomic E-state index is 0.529. The third-order valence-electron chi connectivity index (χ3n) is 4.01. The summed E-state index contributed by atoms with van der Waals surface area (Å²) in [5, 5.41) is 4.91. The van der Waals surface area contributed by atoms with E-state index in [0.717, 1.165) is 6.54 Å². The molecular formula is C16H22N2. The number of piperidine rings is 1. The van der Waals surface area contributed by atoms with Gasteiger partial charge in [-0.25, -0.2) is 0 Å². The van der Waals surface area contributed by atoms with Crippen LogP contribution in [0, 0.1) is 0 Å². The van der Waals surface area contributed by atoms with Gasteiger partial charge in [-0.1, -0.05) is 18.2 Å². The van der Waals surface area contributed by atoms with Crippen molar-refractivity contribution in [2.75, 3.05) is 13.1 Å². The van der Waals surface area contributed by atoms with Gasteiger partial charge in [-0.2, -0.15) is 0 Å². The largest absolute Gasteiger partial charge is 0.342 e. The molecule has 1 atom stereocenters. The predicted molar refractivity (Wildman–Crippen MR) is 77.2 cm³/mol. The fraction of sp³-hybridized carbons (Fsp3) is 0.500. The molecule has 2 heterocycles. The van der Waals surface area contributed by atoms with Gasteiger partial charge in [-0.3, -0.25) is 0 Å². The lowest BCUT2D eigenvalue weighted by Crippen LogP contribution is -2.29. The summed E-state index contributed by atoms with van der Waals surface area (Å²) >= 11 is 0. The summed E-state index contributed by atoms with van der Waals surface area (Å²) in [6.45, 7) is 6.87. The van der Waals surface area contributed by atoms with Crippen molar-refractivity contribution in [3.63, 3.8) is 0 Å². The molecule has 0 aliphatic carbocycles. The molecule has 0 amide bonds. The molecule has 0 radical (unpaired) electrons. The number of para-hydroxylation sites is 1. The maximum absolute atomic E-state index is 3.53. The van der Waals surface area contributed by atoms with E-state index < -0.39 is 0 Å². The number of aromatic nitrogens is 1. The van der Waals surface area contributed by atoms with Crippen LogP contribution in [-0.2, 0) is 0 Å². The van der Waals surface area contributed by atoms with E-state index in [9.17, 15) is 0 Å². The van der Waals surface area contributed by atoms with Crippen molar-refractivity contribution >= 4 is 10.9 Å². The second-order valence-corrected chi connectivity index (χ2v) is 5.64. The van der Waals surface area contributed by atoms with Gasteiger partial charge in [0.15, 0.2) is 0 Å². The van der Waals surface area contributed by atoms with Crippen LogP contribution < -0.4 is 5.32 Å². The molecule has 0 saturated carbocycles. The Bertz CT molecular complexity index is 533. The Morgan fingerprint density at radius 2 is 2.11 bits per heavy atom. The molecule has 0 spiro atoms. The van der Waals surface area contributed by atoms with E-state index in [1.807, 2.05) is 0 Å². The molecule has 1 N–H and O–H groups in total. The summed E-state index contributed by atoms with van der Waals surface area (Å²) in [6.07, 6.45) is 2.61. The first kappa shape index (κ1) is 11.8. The minimum Gasteiger partial charge on any atom is -0.342 e. The molecule has 2 aromatic rings. The Morgan fingerprint density at radius 1 is 1.28 bits per heavy atom. The average molecular weight is 242 g/mol. The van der Waals surface area contributed by atoms with E-state index >= 15 is 0 Å². The fourth-order valence-corrected chi connectivity index (χ4v) is 3.19. The molecule has 1 aromatic heterocycles. The quantitative estimate of drug-likeness (QED) is 0.850. The summed E-state index contributed by atoms with van der Waals surface area (Å²) in [5.41, 5.74) is 2.89. The molecular weight excluding hydrogens is 220 g/mol. The maximum Gasteiger partial charge on any atom is 0.0485 e. The summed E-state index contributed by atoms with van der Waals surface area (Å²) in [4.78, 5) is 0. The number of nitrogens with zero attached hydrogens (tertiary/aromatic N) is 1. The van der Waals surface area contributed by atoms with Crippen LogP contribution in [0.5, 0.6) is 0 Å². The van der Waals surface area contributed by atoms with Gasteiger partial charge in [-0.05, 0) is 50.8 Å². The van der Waals surface area contributed by atoms with Crippen molar-refractivity contribution in [2.45, 2.75) is 38.6 Å². The first-order valence-corrected chi connectivity index (χ1v) is 7.08. The number of hydrogen-bond donors (Lipinski definition) is 1. The van der Waals surface area contributed by atoms with Crippen LogP contribution in [0.2, 0.25) is 0 Å². The highest BCUT2D eigenvalue weighted by molar-refractivity contribution is 5.81. The van der Waals surface area contributed by atoms with Gasteiger partial charge >= 0.3 is 0 Å². The van der Waals surface area contributed by atoms with Crippen molar-refractivity contribution in [3.05, 3.63) is 36.0 Å². The van der Waals surface area contributed by atoms with Crippen LogP contribution in [0.1, 0.15) is 44.3 Å². The summed E-state index contributed by atoms with van der Waals surface area (Å²) in [5.74, 6) is 0.675. The molecule has 96 valence electrons. The number of nitrogens with one attached hydrogen (secondary N) is 1. The first-order chi connectivity index (χ1) is 8.77. The van der Waals surface area contributed by atoms with Crippen molar-refractivity contribution in [3.8, 4) is 0 Å². The van der Waals surface area contributed by atoms with Gasteiger partial charge in [-0.15, -0.1) is 0 Å². The molecule has 18 heavy (non-hydrogen) atoms. The normalized spacial score (nSPS) is 20.7. The highest BCUT2D eigenvalue weighted by Crippen LogP contribution is 2.31. The van der Waals surface area contributed by atoms with Crippen LogP contribution in [0.25, 0.3) is 10.9 Å². The Hall–Kier alpha value is -1.28. The smallest absolute Gasteiger partial charge is 0.0485 e. The van der Waals surface area contributed by atoms with E-state index in [1.54, 1.807) is 0 Å².